The third-order valence-electron chi connectivity index (χ3n) is 4.05. The van der Waals surface area contributed by atoms with Gasteiger partial charge in [-0.05, 0) is 49.4 Å². The summed E-state index contributed by atoms with van der Waals surface area (Å²) in [5.74, 6) is 2.51. The Morgan fingerprint density at radius 2 is 1.69 bits per heavy atom. The van der Waals surface area contributed by atoms with E-state index < -0.39 is 0 Å². The van der Waals surface area contributed by atoms with Gasteiger partial charge in [-0.1, -0.05) is 0 Å². The highest BCUT2D eigenvalue weighted by Gasteiger charge is 2.40. The van der Waals surface area contributed by atoms with Gasteiger partial charge in [0.15, 0.2) is 0 Å². The molecule has 4 heteroatoms. The quantitative estimate of drug-likeness (QED) is 0.535. The van der Waals surface area contributed by atoms with Gasteiger partial charge in [-0.2, -0.15) is 0 Å². The Morgan fingerprint density at radius 1 is 0.938 bits per heavy atom. The van der Waals surface area contributed by atoms with Crippen molar-refractivity contribution in [1.29, 1.82) is 0 Å². The molecule has 0 heterocycles. The molecule has 86 valence electrons. The zero-order chi connectivity index (χ0) is 11.4. The number of nitrogens with zero attached hydrogens (tertiary/aromatic N) is 2. The summed E-state index contributed by atoms with van der Waals surface area (Å²) in [6.45, 7) is 1.26. The number of fused-ring (bicyclic) bond motifs is 2. The van der Waals surface area contributed by atoms with Crippen LogP contribution < -0.4 is 0 Å². The van der Waals surface area contributed by atoms with Crippen LogP contribution in [-0.4, -0.2) is 25.2 Å². The van der Waals surface area contributed by atoms with E-state index in [0.29, 0.717) is 30.8 Å². The van der Waals surface area contributed by atoms with E-state index in [4.69, 9.17) is 0 Å². The first-order valence-electron chi connectivity index (χ1n) is 5.90. The maximum Gasteiger partial charge on any atom is 0.234 e. The normalized spacial score (nSPS) is 36.2. The topological polar surface area (TPSA) is 58.9 Å². The highest BCUT2D eigenvalue weighted by molar-refractivity contribution is 5.33. The van der Waals surface area contributed by atoms with Crippen LogP contribution in [0.15, 0.2) is 9.98 Å². The monoisotopic (exact) mass is 220 g/mol. The molecule has 0 aliphatic heterocycles. The molecule has 2 bridgehead atoms. The Kier molecular flexibility index (Phi) is 3.66. The van der Waals surface area contributed by atoms with Crippen molar-refractivity contribution in [2.45, 2.75) is 25.7 Å². The Hall–Kier alpha value is -1.24. The maximum atomic E-state index is 10.1. The predicted molar refractivity (Wildman–Crippen MR) is 58.4 cm³/mol. The van der Waals surface area contributed by atoms with Crippen molar-refractivity contribution in [2.24, 2.45) is 33.7 Å². The lowest BCUT2D eigenvalue weighted by atomic mass is 9.80. The molecular formula is C12H16N2O2. The molecule has 0 aromatic rings. The lowest BCUT2D eigenvalue weighted by molar-refractivity contribution is 0.250. The van der Waals surface area contributed by atoms with Gasteiger partial charge in [0.2, 0.25) is 12.2 Å². The summed E-state index contributed by atoms with van der Waals surface area (Å²) in [6, 6.07) is 0. The van der Waals surface area contributed by atoms with Gasteiger partial charge in [0.1, 0.15) is 0 Å². The van der Waals surface area contributed by atoms with Crippen LogP contribution in [-0.2, 0) is 9.59 Å². The van der Waals surface area contributed by atoms with Crippen molar-refractivity contribution in [2.75, 3.05) is 13.1 Å². The first-order valence-corrected chi connectivity index (χ1v) is 5.90. The summed E-state index contributed by atoms with van der Waals surface area (Å²) in [5.41, 5.74) is 0. The molecule has 0 aromatic carbocycles. The highest BCUT2D eigenvalue weighted by atomic mass is 16.1. The van der Waals surface area contributed by atoms with Crippen molar-refractivity contribution in [3.8, 4) is 0 Å². The molecule has 2 saturated carbocycles. The lowest BCUT2D eigenvalue weighted by Crippen LogP contribution is -2.20. The molecule has 16 heavy (non-hydrogen) atoms. The SMILES string of the molecule is O=C=NCC1CC2CC(CN=C=O)C(C1)C2. The van der Waals surface area contributed by atoms with Gasteiger partial charge in [0.05, 0.1) is 13.1 Å². The summed E-state index contributed by atoms with van der Waals surface area (Å²) in [7, 11) is 0. The van der Waals surface area contributed by atoms with Crippen molar-refractivity contribution >= 4 is 12.2 Å². The Bertz CT molecular complexity index is 341. The van der Waals surface area contributed by atoms with E-state index in [1.165, 1.54) is 19.3 Å². The number of isocyanates is 2. The van der Waals surface area contributed by atoms with E-state index in [1.807, 2.05) is 0 Å². The van der Waals surface area contributed by atoms with Crippen molar-refractivity contribution in [1.82, 2.24) is 0 Å². The zero-order valence-corrected chi connectivity index (χ0v) is 9.26. The van der Waals surface area contributed by atoms with Crippen LogP contribution in [0, 0.1) is 23.7 Å². The third kappa shape index (κ3) is 2.46. The second-order valence-corrected chi connectivity index (χ2v) is 5.06. The molecular weight excluding hydrogens is 204 g/mol. The summed E-state index contributed by atoms with van der Waals surface area (Å²) in [4.78, 5) is 27.6. The molecule has 0 spiro atoms. The maximum absolute atomic E-state index is 10.1. The van der Waals surface area contributed by atoms with E-state index in [0.717, 1.165) is 12.3 Å². The zero-order valence-electron chi connectivity index (χ0n) is 9.26. The van der Waals surface area contributed by atoms with Crippen LogP contribution in [0.4, 0.5) is 0 Å². The van der Waals surface area contributed by atoms with Gasteiger partial charge in [-0.25, -0.2) is 19.6 Å². The average Bonchev–Trinajstić information content (AvgIpc) is 2.59. The van der Waals surface area contributed by atoms with E-state index >= 15 is 0 Å². The van der Waals surface area contributed by atoms with E-state index in [9.17, 15) is 9.59 Å². The van der Waals surface area contributed by atoms with Crippen LogP contribution >= 0.6 is 0 Å². The first kappa shape index (κ1) is 11.3. The smallest absolute Gasteiger partial charge is 0.211 e. The fourth-order valence-corrected chi connectivity index (χ4v) is 3.51. The second kappa shape index (κ2) is 5.20. The minimum Gasteiger partial charge on any atom is -0.211 e. The molecule has 0 aromatic heterocycles. The third-order valence-corrected chi connectivity index (χ3v) is 4.05. The van der Waals surface area contributed by atoms with Crippen LogP contribution in [0.1, 0.15) is 25.7 Å². The van der Waals surface area contributed by atoms with Gasteiger partial charge in [-0.15, -0.1) is 0 Å². The Labute approximate surface area is 94.9 Å². The van der Waals surface area contributed by atoms with Gasteiger partial charge < -0.3 is 0 Å². The Balaban J connectivity index is 1.92. The van der Waals surface area contributed by atoms with Gasteiger partial charge in [-0.3, -0.25) is 0 Å². The Morgan fingerprint density at radius 3 is 2.44 bits per heavy atom. The standard InChI is InChI=1S/C12H16N2O2/c15-7-13-5-10-1-9-2-11(4-10)12(3-9)6-14-8-16/h9-12H,1-6H2. The predicted octanol–water partition coefficient (Wildman–Crippen LogP) is 1.71. The van der Waals surface area contributed by atoms with Gasteiger partial charge in [0.25, 0.3) is 0 Å². The molecule has 0 saturated heterocycles. The highest BCUT2D eigenvalue weighted by Crippen LogP contribution is 2.48. The van der Waals surface area contributed by atoms with E-state index in [2.05, 4.69) is 9.98 Å². The molecule has 4 atom stereocenters. The van der Waals surface area contributed by atoms with Crippen LogP contribution in [0.3, 0.4) is 0 Å². The molecule has 2 rings (SSSR count). The van der Waals surface area contributed by atoms with Gasteiger partial charge in [0, 0.05) is 0 Å². The number of rotatable bonds is 4. The second-order valence-electron chi connectivity index (χ2n) is 5.06. The fourth-order valence-electron chi connectivity index (χ4n) is 3.51. The average molecular weight is 220 g/mol. The minimum atomic E-state index is 0.537. The lowest BCUT2D eigenvalue weighted by Gasteiger charge is -2.27. The molecule has 4 unspecified atom stereocenters. The van der Waals surface area contributed by atoms with Crippen LogP contribution in [0.5, 0.6) is 0 Å². The summed E-state index contributed by atoms with van der Waals surface area (Å²) in [6.07, 6.45) is 7.98. The van der Waals surface area contributed by atoms with Crippen molar-refractivity contribution in [3.63, 3.8) is 0 Å². The fraction of sp³-hybridized carbons (Fsp3) is 0.833. The van der Waals surface area contributed by atoms with Crippen molar-refractivity contribution < 1.29 is 9.59 Å². The molecule has 2 aliphatic carbocycles. The summed E-state index contributed by atoms with van der Waals surface area (Å²) >= 11 is 0. The number of carbonyl (C=O) groups excluding carboxylic acids is 2. The summed E-state index contributed by atoms with van der Waals surface area (Å²) in [5, 5.41) is 0. The van der Waals surface area contributed by atoms with E-state index in [1.54, 1.807) is 12.2 Å². The number of hydrogen-bond acceptors (Lipinski definition) is 4. The molecule has 0 N–H and O–H groups in total. The largest absolute Gasteiger partial charge is 0.234 e. The van der Waals surface area contributed by atoms with E-state index in [-0.39, 0.29) is 0 Å². The number of hydrogen-bond donors (Lipinski definition) is 0. The molecule has 2 fully saturated rings. The van der Waals surface area contributed by atoms with Crippen molar-refractivity contribution in [3.05, 3.63) is 0 Å². The van der Waals surface area contributed by atoms with Gasteiger partial charge >= 0.3 is 0 Å². The first-order chi connectivity index (χ1) is 7.83. The molecule has 4 nitrogen and oxygen atoms in total. The van der Waals surface area contributed by atoms with Crippen LogP contribution in [0.25, 0.3) is 0 Å². The molecule has 0 amide bonds. The molecule has 2 aliphatic rings. The minimum absolute atomic E-state index is 0.537. The summed E-state index contributed by atoms with van der Waals surface area (Å²) < 4.78 is 0. The molecule has 0 radical (unpaired) electrons. The number of aliphatic imine (C=N–C) groups is 2. The van der Waals surface area contributed by atoms with Crippen LogP contribution in [0.2, 0.25) is 0 Å².